The Morgan fingerprint density at radius 3 is 2.48 bits per heavy atom. The molecule has 0 radical (unpaired) electrons. The predicted octanol–water partition coefficient (Wildman–Crippen LogP) is 3.85. The summed E-state index contributed by atoms with van der Waals surface area (Å²) < 4.78 is 0. The summed E-state index contributed by atoms with van der Waals surface area (Å²) in [4.78, 5) is 12.0. The molecule has 0 saturated carbocycles. The maximum absolute atomic E-state index is 12.0. The third-order valence-corrected chi connectivity index (χ3v) is 3.71. The molecule has 1 atom stereocenters. The van der Waals surface area contributed by atoms with Gasteiger partial charge in [-0.2, -0.15) is 0 Å². The van der Waals surface area contributed by atoms with Crippen LogP contribution in [0.1, 0.15) is 11.6 Å². The first-order valence-corrected chi connectivity index (χ1v) is 7.04. The van der Waals surface area contributed by atoms with Crippen LogP contribution in [-0.4, -0.2) is 17.7 Å². The van der Waals surface area contributed by atoms with Gasteiger partial charge in [0.2, 0.25) is 0 Å². The summed E-state index contributed by atoms with van der Waals surface area (Å²) in [6.07, 6.45) is 0. The van der Waals surface area contributed by atoms with E-state index < -0.39 is 12.1 Å². The van der Waals surface area contributed by atoms with Crippen molar-refractivity contribution in [3.63, 3.8) is 0 Å². The van der Waals surface area contributed by atoms with Crippen LogP contribution < -0.4 is 10.6 Å². The maximum atomic E-state index is 12.0. The number of hydrogen-bond donors (Lipinski definition) is 3. The second kappa shape index (κ2) is 7.31. The van der Waals surface area contributed by atoms with E-state index in [4.69, 9.17) is 23.2 Å². The first-order chi connectivity index (χ1) is 10.1. The van der Waals surface area contributed by atoms with E-state index in [9.17, 15) is 9.90 Å². The van der Waals surface area contributed by atoms with E-state index in [0.29, 0.717) is 10.7 Å². The van der Waals surface area contributed by atoms with Crippen LogP contribution in [-0.2, 0) is 0 Å². The zero-order valence-electron chi connectivity index (χ0n) is 11.0. The van der Waals surface area contributed by atoms with Crippen molar-refractivity contribution in [1.82, 2.24) is 5.32 Å². The minimum Gasteiger partial charge on any atom is -0.394 e. The molecule has 0 spiro atoms. The molecule has 0 saturated heterocycles. The lowest BCUT2D eigenvalue weighted by atomic mass is 10.1. The topological polar surface area (TPSA) is 61.4 Å². The van der Waals surface area contributed by atoms with Gasteiger partial charge in [-0.1, -0.05) is 59.6 Å². The van der Waals surface area contributed by atoms with Crippen molar-refractivity contribution < 1.29 is 9.90 Å². The zero-order valence-corrected chi connectivity index (χ0v) is 12.5. The standard InChI is InChI=1S/C15H14Cl2N2O2/c16-11-7-4-8-12(14(11)17)18-15(21)19-13(9-20)10-5-2-1-3-6-10/h1-8,13,20H,9H2,(H2,18,19,21). The number of benzene rings is 2. The molecule has 2 aromatic carbocycles. The molecule has 0 aliphatic heterocycles. The Balaban J connectivity index is 2.05. The average Bonchev–Trinajstić information content (AvgIpc) is 2.50. The highest BCUT2D eigenvalue weighted by atomic mass is 35.5. The number of aliphatic hydroxyl groups is 1. The Kier molecular flexibility index (Phi) is 5.44. The summed E-state index contributed by atoms with van der Waals surface area (Å²) >= 11 is 11.9. The van der Waals surface area contributed by atoms with Crippen molar-refractivity contribution in [2.75, 3.05) is 11.9 Å². The fourth-order valence-electron chi connectivity index (χ4n) is 1.84. The molecule has 0 heterocycles. The van der Waals surface area contributed by atoms with Crippen LogP contribution in [0.15, 0.2) is 48.5 Å². The summed E-state index contributed by atoms with van der Waals surface area (Å²) in [5.74, 6) is 0. The number of halogens is 2. The molecular weight excluding hydrogens is 311 g/mol. The van der Waals surface area contributed by atoms with Gasteiger partial charge in [-0.15, -0.1) is 0 Å². The van der Waals surface area contributed by atoms with Gasteiger partial charge < -0.3 is 15.7 Å². The van der Waals surface area contributed by atoms with Crippen molar-refractivity contribution >= 4 is 34.9 Å². The Morgan fingerprint density at radius 1 is 1.10 bits per heavy atom. The van der Waals surface area contributed by atoms with Crippen LogP contribution in [0.3, 0.4) is 0 Å². The van der Waals surface area contributed by atoms with E-state index in [1.807, 2.05) is 30.3 Å². The fourth-order valence-corrected chi connectivity index (χ4v) is 2.18. The molecule has 3 N–H and O–H groups in total. The molecule has 0 aliphatic rings. The predicted molar refractivity (Wildman–Crippen MR) is 84.9 cm³/mol. The summed E-state index contributed by atoms with van der Waals surface area (Å²) in [6.45, 7) is -0.208. The summed E-state index contributed by atoms with van der Waals surface area (Å²) in [6, 6.07) is 13.2. The summed E-state index contributed by atoms with van der Waals surface area (Å²) in [5, 5.41) is 15.3. The normalized spacial score (nSPS) is 11.8. The maximum Gasteiger partial charge on any atom is 0.319 e. The van der Waals surface area contributed by atoms with E-state index in [0.717, 1.165) is 5.56 Å². The average molecular weight is 325 g/mol. The smallest absolute Gasteiger partial charge is 0.319 e. The highest BCUT2D eigenvalue weighted by Gasteiger charge is 2.14. The molecule has 2 aromatic rings. The van der Waals surface area contributed by atoms with Gasteiger partial charge in [-0.05, 0) is 17.7 Å². The van der Waals surface area contributed by atoms with E-state index in [-0.39, 0.29) is 11.6 Å². The van der Waals surface area contributed by atoms with Gasteiger partial charge in [0.05, 0.1) is 28.4 Å². The monoisotopic (exact) mass is 324 g/mol. The highest BCUT2D eigenvalue weighted by Crippen LogP contribution is 2.29. The minimum atomic E-state index is -0.496. The largest absolute Gasteiger partial charge is 0.394 e. The van der Waals surface area contributed by atoms with Crippen LogP contribution in [0.2, 0.25) is 10.0 Å². The first kappa shape index (κ1) is 15.6. The Bertz CT molecular complexity index is 620. The van der Waals surface area contributed by atoms with Gasteiger partial charge in [0.1, 0.15) is 0 Å². The summed E-state index contributed by atoms with van der Waals surface area (Å²) in [5.41, 5.74) is 1.22. The molecule has 0 aromatic heterocycles. The lowest BCUT2D eigenvalue weighted by Crippen LogP contribution is -2.34. The van der Waals surface area contributed by atoms with Gasteiger partial charge >= 0.3 is 6.03 Å². The number of nitrogens with one attached hydrogen (secondary N) is 2. The third kappa shape index (κ3) is 4.11. The van der Waals surface area contributed by atoms with Crippen molar-refractivity contribution in [2.45, 2.75) is 6.04 Å². The lowest BCUT2D eigenvalue weighted by molar-refractivity contribution is 0.225. The van der Waals surface area contributed by atoms with Crippen molar-refractivity contribution in [3.8, 4) is 0 Å². The fraction of sp³-hybridized carbons (Fsp3) is 0.133. The Morgan fingerprint density at radius 2 is 1.81 bits per heavy atom. The molecule has 0 bridgehead atoms. The Hall–Kier alpha value is -1.75. The molecule has 6 heteroatoms. The second-order valence-corrected chi connectivity index (χ2v) is 5.13. The van der Waals surface area contributed by atoms with E-state index in [1.165, 1.54) is 0 Å². The highest BCUT2D eigenvalue weighted by molar-refractivity contribution is 6.43. The van der Waals surface area contributed by atoms with Crippen LogP contribution in [0.5, 0.6) is 0 Å². The minimum absolute atomic E-state index is 0.208. The molecule has 0 aliphatic carbocycles. The number of anilines is 1. The van der Waals surface area contributed by atoms with Gasteiger partial charge in [0.15, 0.2) is 0 Å². The molecule has 4 nitrogen and oxygen atoms in total. The van der Waals surface area contributed by atoms with Crippen LogP contribution in [0.25, 0.3) is 0 Å². The molecule has 21 heavy (non-hydrogen) atoms. The van der Waals surface area contributed by atoms with Gasteiger partial charge in [0, 0.05) is 0 Å². The number of hydrogen-bond acceptors (Lipinski definition) is 2. The van der Waals surface area contributed by atoms with E-state index >= 15 is 0 Å². The van der Waals surface area contributed by atoms with Crippen molar-refractivity contribution in [2.24, 2.45) is 0 Å². The lowest BCUT2D eigenvalue weighted by Gasteiger charge is -2.17. The molecule has 110 valence electrons. The van der Waals surface area contributed by atoms with Crippen molar-refractivity contribution in [1.29, 1.82) is 0 Å². The van der Waals surface area contributed by atoms with Crippen LogP contribution in [0.4, 0.5) is 10.5 Å². The first-order valence-electron chi connectivity index (χ1n) is 6.29. The second-order valence-electron chi connectivity index (χ2n) is 4.35. The zero-order chi connectivity index (χ0) is 15.2. The number of urea groups is 1. The van der Waals surface area contributed by atoms with E-state index in [1.54, 1.807) is 18.2 Å². The van der Waals surface area contributed by atoms with E-state index in [2.05, 4.69) is 10.6 Å². The third-order valence-electron chi connectivity index (χ3n) is 2.89. The molecule has 0 fully saturated rings. The number of carbonyl (C=O) groups is 1. The molecule has 2 amide bonds. The Labute approximate surface area is 132 Å². The molecule has 2 rings (SSSR count). The van der Waals surface area contributed by atoms with Gasteiger partial charge in [-0.25, -0.2) is 4.79 Å². The SMILES string of the molecule is O=C(Nc1cccc(Cl)c1Cl)NC(CO)c1ccccc1. The number of rotatable bonds is 4. The molecular formula is C15H14Cl2N2O2. The van der Waals surface area contributed by atoms with Gasteiger partial charge in [0.25, 0.3) is 0 Å². The molecule has 1 unspecified atom stereocenters. The van der Waals surface area contributed by atoms with Crippen molar-refractivity contribution in [3.05, 3.63) is 64.1 Å². The van der Waals surface area contributed by atoms with Gasteiger partial charge in [-0.3, -0.25) is 0 Å². The number of amides is 2. The number of carbonyl (C=O) groups excluding carboxylic acids is 1. The summed E-state index contributed by atoms with van der Waals surface area (Å²) in [7, 11) is 0. The van der Waals surface area contributed by atoms with Crippen LogP contribution in [0, 0.1) is 0 Å². The van der Waals surface area contributed by atoms with Crippen LogP contribution >= 0.6 is 23.2 Å². The quantitative estimate of drug-likeness (QED) is 0.800. The number of aliphatic hydroxyl groups excluding tert-OH is 1.